The van der Waals surface area contributed by atoms with Crippen LogP contribution in [0.3, 0.4) is 0 Å². The summed E-state index contributed by atoms with van der Waals surface area (Å²) in [7, 11) is 1.34. The van der Waals surface area contributed by atoms with E-state index in [2.05, 4.69) is 0 Å². The van der Waals surface area contributed by atoms with Crippen molar-refractivity contribution in [2.45, 2.75) is 13.0 Å². The second-order valence-electron chi connectivity index (χ2n) is 7.18. The van der Waals surface area contributed by atoms with Gasteiger partial charge in [0, 0.05) is 42.8 Å². The summed E-state index contributed by atoms with van der Waals surface area (Å²) in [4.78, 5) is 39.9. The van der Waals surface area contributed by atoms with Crippen molar-refractivity contribution in [3.63, 3.8) is 0 Å². The van der Waals surface area contributed by atoms with E-state index in [1.807, 2.05) is 4.90 Å². The number of carbonyl (C=O) groups excluding carboxylic acids is 2. The number of rotatable bonds is 7. The summed E-state index contributed by atoms with van der Waals surface area (Å²) in [5, 5.41) is 11.8. The van der Waals surface area contributed by atoms with E-state index in [9.17, 15) is 19.7 Å². The van der Waals surface area contributed by atoms with E-state index in [1.165, 1.54) is 25.3 Å². The molecule has 1 amide bonds. The fraction of sp³-hybridized carbons (Fsp3) is 0.364. The third-order valence-corrected chi connectivity index (χ3v) is 5.54. The number of hydrogen-bond acceptors (Lipinski definition) is 7. The van der Waals surface area contributed by atoms with Gasteiger partial charge in [0.25, 0.3) is 5.91 Å². The van der Waals surface area contributed by atoms with Crippen molar-refractivity contribution in [1.29, 1.82) is 0 Å². The maximum absolute atomic E-state index is 12.9. The number of hydrogen-bond donors (Lipinski definition) is 0. The molecule has 0 bridgehead atoms. The Morgan fingerprint density at radius 1 is 1.12 bits per heavy atom. The minimum atomic E-state index is -0.605. The molecule has 10 heteroatoms. The van der Waals surface area contributed by atoms with Gasteiger partial charge in [0.2, 0.25) is 0 Å². The summed E-state index contributed by atoms with van der Waals surface area (Å²) >= 11 is 5.98. The second-order valence-corrected chi connectivity index (χ2v) is 7.61. The number of methoxy groups -OCH3 is 1. The zero-order chi connectivity index (χ0) is 23.3. The summed E-state index contributed by atoms with van der Waals surface area (Å²) in [5.74, 6) is -0.577. The van der Waals surface area contributed by atoms with E-state index >= 15 is 0 Å². The molecule has 9 nitrogen and oxygen atoms in total. The van der Waals surface area contributed by atoms with Crippen molar-refractivity contribution >= 4 is 29.2 Å². The summed E-state index contributed by atoms with van der Waals surface area (Å²) in [6, 6.07) is 10.6. The third kappa shape index (κ3) is 5.17. The Morgan fingerprint density at radius 3 is 2.34 bits per heavy atom. The van der Waals surface area contributed by atoms with E-state index in [-0.39, 0.29) is 35.5 Å². The molecule has 2 aromatic rings. The Kier molecular flexibility index (Phi) is 7.66. The van der Waals surface area contributed by atoms with Gasteiger partial charge in [-0.05, 0) is 36.8 Å². The first kappa shape index (κ1) is 23.5. The number of piperazine rings is 1. The molecule has 3 rings (SSSR count). The lowest BCUT2D eigenvalue weighted by Gasteiger charge is -2.38. The number of nitro benzene ring substituents is 1. The van der Waals surface area contributed by atoms with Crippen molar-refractivity contribution in [3.05, 3.63) is 68.7 Å². The molecular weight excluding hydrogens is 438 g/mol. The molecule has 0 aliphatic carbocycles. The monoisotopic (exact) mass is 461 g/mol. The highest BCUT2D eigenvalue weighted by Gasteiger charge is 2.33. The molecule has 0 aromatic heterocycles. The maximum Gasteiger partial charge on any atom is 0.328 e. The Morgan fingerprint density at radius 2 is 1.78 bits per heavy atom. The zero-order valence-corrected chi connectivity index (χ0v) is 18.6. The lowest BCUT2D eigenvalue weighted by atomic mass is 10.0. The molecule has 1 fully saturated rings. The van der Waals surface area contributed by atoms with Crippen molar-refractivity contribution < 1.29 is 24.0 Å². The topological polar surface area (TPSA) is 102 Å². The Balaban J connectivity index is 1.74. The predicted octanol–water partition coefficient (Wildman–Crippen LogP) is 3.32. The van der Waals surface area contributed by atoms with E-state index in [0.29, 0.717) is 31.2 Å². The fourth-order valence-corrected chi connectivity index (χ4v) is 3.82. The SMILES string of the molecule is CCOC(=O)C(c1ccc(Cl)cc1)N1CCN(C(=O)c2ccc(OC)c([N+](=O)[O-])c2)CC1. The van der Waals surface area contributed by atoms with E-state index < -0.39 is 11.0 Å². The van der Waals surface area contributed by atoms with Crippen molar-refractivity contribution in [2.75, 3.05) is 39.9 Å². The normalized spacial score (nSPS) is 15.2. The van der Waals surface area contributed by atoms with Gasteiger partial charge in [0.15, 0.2) is 5.75 Å². The van der Waals surface area contributed by atoms with Gasteiger partial charge >= 0.3 is 11.7 Å². The lowest BCUT2D eigenvalue weighted by Crippen LogP contribution is -2.51. The number of nitro groups is 1. The third-order valence-electron chi connectivity index (χ3n) is 5.28. The minimum absolute atomic E-state index is 0.0941. The molecule has 1 unspecified atom stereocenters. The lowest BCUT2D eigenvalue weighted by molar-refractivity contribution is -0.385. The fourth-order valence-electron chi connectivity index (χ4n) is 3.69. The van der Waals surface area contributed by atoms with Crippen LogP contribution >= 0.6 is 11.6 Å². The van der Waals surface area contributed by atoms with Crippen LogP contribution in [0, 0.1) is 10.1 Å². The molecule has 1 saturated heterocycles. The Bertz CT molecular complexity index is 990. The van der Waals surface area contributed by atoms with Gasteiger partial charge in [0.1, 0.15) is 6.04 Å². The summed E-state index contributed by atoms with van der Waals surface area (Å²) in [5.41, 5.74) is 0.714. The van der Waals surface area contributed by atoms with Crippen LogP contribution in [0.4, 0.5) is 5.69 Å². The number of carbonyl (C=O) groups is 2. The molecule has 1 atom stereocenters. The molecule has 0 N–H and O–H groups in total. The van der Waals surface area contributed by atoms with Gasteiger partial charge in [-0.15, -0.1) is 0 Å². The minimum Gasteiger partial charge on any atom is -0.490 e. The Labute approximate surface area is 190 Å². The number of ether oxygens (including phenoxy) is 2. The predicted molar refractivity (Wildman–Crippen MR) is 118 cm³/mol. The summed E-state index contributed by atoms with van der Waals surface area (Å²) in [6.07, 6.45) is 0. The molecule has 170 valence electrons. The van der Waals surface area contributed by atoms with Crippen LogP contribution in [-0.4, -0.2) is 66.5 Å². The van der Waals surface area contributed by atoms with Crippen LogP contribution in [-0.2, 0) is 9.53 Å². The van der Waals surface area contributed by atoms with Crippen molar-refractivity contribution in [3.8, 4) is 5.75 Å². The zero-order valence-electron chi connectivity index (χ0n) is 17.8. The highest BCUT2D eigenvalue weighted by atomic mass is 35.5. The standard InChI is InChI=1S/C22H24ClN3O6/c1-3-32-22(28)20(15-4-7-17(23)8-5-15)24-10-12-25(13-11-24)21(27)16-6-9-19(31-2)18(14-16)26(29)30/h4-9,14,20H,3,10-13H2,1-2H3. The number of benzene rings is 2. The van der Waals surface area contributed by atoms with Gasteiger partial charge in [-0.2, -0.15) is 0 Å². The maximum atomic E-state index is 12.9. The van der Waals surface area contributed by atoms with Crippen LogP contribution in [0.5, 0.6) is 5.75 Å². The van der Waals surface area contributed by atoms with Gasteiger partial charge in [0.05, 0.1) is 18.6 Å². The number of nitrogens with zero attached hydrogens (tertiary/aromatic N) is 3. The molecule has 2 aromatic carbocycles. The Hall–Kier alpha value is -3.17. The quantitative estimate of drug-likeness (QED) is 0.354. The molecule has 32 heavy (non-hydrogen) atoms. The number of halogens is 1. The van der Waals surface area contributed by atoms with E-state index in [4.69, 9.17) is 21.1 Å². The van der Waals surface area contributed by atoms with Crippen LogP contribution < -0.4 is 4.74 Å². The van der Waals surface area contributed by atoms with Crippen molar-refractivity contribution in [2.24, 2.45) is 0 Å². The van der Waals surface area contributed by atoms with E-state index in [1.54, 1.807) is 36.1 Å². The van der Waals surface area contributed by atoms with Gasteiger partial charge < -0.3 is 14.4 Å². The number of esters is 1. The molecule has 1 heterocycles. The van der Waals surface area contributed by atoms with Crippen LogP contribution in [0.25, 0.3) is 0 Å². The van der Waals surface area contributed by atoms with Gasteiger partial charge in [-0.25, -0.2) is 4.79 Å². The highest BCUT2D eigenvalue weighted by molar-refractivity contribution is 6.30. The first-order valence-electron chi connectivity index (χ1n) is 10.1. The smallest absolute Gasteiger partial charge is 0.328 e. The first-order chi connectivity index (χ1) is 15.3. The highest BCUT2D eigenvalue weighted by Crippen LogP contribution is 2.29. The van der Waals surface area contributed by atoms with Gasteiger partial charge in [-0.3, -0.25) is 19.8 Å². The largest absolute Gasteiger partial charge is 0.490 e. The molecule has 0 radical (unpaired) electrons. The molecular formula is C22H24ClN3O6. The molecule has 1 aliphatic rings. The van der Waals surface area contributed by atoms with Crippen LogP contribution in [0.1, 0.15) is 28.9 Å². The summed E-state index contributed by atoms with van der Waals surface area (Å²) in [6.45, 7) is 3.62. The van der Waals surface area contributed by atoms with Crippen molar-refractivity contribution in [1.82, 2.24) is 9.80 Å². The van der Waals surface area contributed by atoms with Gasteiger partial charge in [-0.1, -0.05) is 23.7 Å². The molecule has 1 aliphatic heterocycles. The number of amides is 1. The first-order valence-corrected chi connectivity index (χ1v) is 10.5. The average Bonchev–Trinajstić information content (AvgIpc) is 2.80. The van der Waals surface area contributed by atoms with Crippen LogP contribution in [0.2, 0.25) is 5.02 Å². The summed E-state index contributed by atoms with van der Waals surface area (Å²) < 4.78 is 10.3. The average molecular weight is 462 g/mol. The molecule has 0 spiro atoms. The molecule has 0 saturated carbocycles. The second kappa shape index (κ2) is 10.4. The van der Waals surface area contributed by atoms with E-state index in [0.717, 1.165) is 5.56 Å². The van der Waals surface area contributed by atoms with Crippen LogP contribution in [0.15, 0.2) is 42.5 Å².